The number of hydrogen-bond donors (Lipinski definition) is 2. The third kappa shape index (κ3) is 7.22. The molecule has 6 heteroatoms. The van der Waals surface area contributed by atoms with Crippen LogP contribution in [-0.4, -0.2) is 56.7 Å². The Bertz CT molecular complexity index is 495. The molecule has 0 aromatic heterocycles. The number of benzene rings is 1. The number of para-hydroxylation sites is 1. The van der Waals surface area contributed by atoms with Crippen molar-refractivity contribution in [1.29, 1.82) is 0 Å². The summed E-state index contributed by atoms with van der Waals surface area (Å²) in [4.78, 5) is 9.11. The van der Waals surface area contributed by atoms with E-state index in [0.29, 0.717) is 12.5 Å². The van der Waals surface area contributed by atoms with Gasteiger partial charge >= 0.3 is 0 Å². The first-order valence-corrected chi connectivity index (χ1v) is 7.85. The van der Waals surface area contributed by atoms with Crippen LogP contribution in [0.2, 0.25) is 0 Å². The number of nitrogens with one attached hydrogen (secondary N) is 1. The first kappa shape index (κ1) is 19.8. The third-order valence-corrected chi connectivity index (χ3v) is 3.75. The quantitative estimate of drug-likeness (QED) is 0.314. The molecule has 0 spiro atoms. The van der Waals surface area contributed by atoms with Crippen molar-refractivity contribution in [1.82, 2.24) is 10.2 Å². The summed E-state index contributed by atoms with van der Waals surface area (Å²) >= 11 is 0. The van der Waals surface area contributed by atoms with Crippen LogP contribution in [0.4, 0.5) is 5.69 Å². The van der Waals surface area contributed by atoms with Crippen LogP contribution in [0.1, 0.15) is 6.92 Å². The number of hydrogen-bond acceptors (Lipinski definition) is 3. The van der Waals surface area contributed by atoms with Crippen molar-refractivity contribution in [2.75, 3.05) is 50.7 Å². The average Bonchev–Trinajstić information content (AvgIpc) is 2.54. The second-order valence-electron chi connectivity index (χ2n) is 5.75. The lowest BCUT2D eigenvalue weighted by Crippen LogP contribution is -2.49. The summed E-state index contributed by atoms with van der Waals surface area (Å²) in [5, 5.41) is 3.16. The minimum atomic E-state index is 0. The highest BCUT2D eigenvalue weighted by Crippen LogP contribution is 2.15. The zero-order valence-corrected chi connectivity index (χ0v) is 16.2. The molecule has 0 atom stereocenters. The van der Waals surface area contributed by atoms with E-state index in [4.69, 9.17) is 5.73 Å². The Hall–Kier alpha value is -1.28. The molecule has 0 bridgehead atoms. The van der Waals surface area contributed by atoms with E-state index in [1.807, 2.05) is 6.92 Å². The minimum Gasteiger partial charge on any atom is -0.370 e. The molecule has 5 nitrogen and oxygen atoms in total. The molecule has 0 amide bonds. The molecule has 1 saturated heterocycles. The van der Waals surface area contributed by atoms with Gasteiger partial charge in [-0.05, 0) is 19.1 Å². The van der Waals surface area contributed by atoms with Gasteiger partial charge in [0.15, 0.2) is 5.96 Å². The van der Waals surface area contributed by atoms with E-state index < -0.39 is 0 Å². The monoisotopic (exact) mass is 429 g/mol. The van der Waals surface area contributed by atoms with Gasteiger partial charge in [0.05, 0.1) is 6.54 Å². The van der Waals surface area contributed by atoms with E-state index in [2.05, 4.69) is 57.0 Å². The maximum absolute atomic E-state index is 5.81. The Morgan fingerprint density at radius 1 is 1.22 bits per heavy atom. The Balaban J connectivity index is 0.00000264. The van der Waals surface area contributed by atoms with Crippen molar-refractivity contribution in [3.63, 3.8) is 0 Å². The number of guanidine groups is 1. The molecule has 0 radical (unpaired) electrons. The second kappa shape index (κ2) is 10.5. The SMILES string of the molecule is C=C(C)CN=C(N)NCCN1CCN(c2ccccc2)CC1.I. The summed E-state index contributed by atoms with van der Waals surface area (Å²) in [5.41, 5.74) is 8.14. The number of rotatable bonds is 6. The molecule has 1 aliphatic heterocycles. The Morgan fingerprint density at radius 2 is 1.87 bits per heavy atom. The highest BCUT2D eigenvalue weighted by molar-refractivity contribution is 14.0. The lowest BCUT2D eigenvalue weighted by molar-refractivity contribution is 0.262. The summed E-state index contributed by atoms with van der Waals surface area (Å²) in [5.74, 6) is 0.505. The molecule has 0 unspecified atom stereocenters. The molecule has 23 heavy (non-hydrogen) atoms. The first-order chi connectivity index (χ1) is 10.6. The fourth-order valence-electron chi connectivity index (χ4n) is 2.49. The first-order valence-electron chi connectivity index (χ1n) is 7.85. The van der Waals surface area contributed by atoms with Gasteiger partial charge in [-0.3, -0.25) is 4.90 Å². The molecule has 3 N–H and O–H groups in total. The van der Waals surface area contributed by atoms with Gasteiger partial charge in [0, 0.05) is 45.0 Å². The summed E-state index contributed by atoms with van der Waals surface area (Å²) in [6.07, 6.45) is 0. The maximum atomic E-state index is 5.81. The van der Waals surface area contributed by atoms with Crippen LogP contribution in [-0.2, 0) is 0 Å². The Labute approximate surface area is 156 Å². The van der Waals surface area contributed by atoms with Crippen LogP contribution in [0.3, 0.4) is 0 Å². The minimum absolute atomic E-state index is 0. The predicted octanol–water partition coefficient (Wildman–Crippen LogP) is 1.91. The van der Waals surface area contributed by atoms with E-state index in [1.165, 1.54) is 5.69 Å². The molecular formula is C17H28IN5. The van der Waals surface area contributed by atoms with E-state index in [9.17, 15) is 0 Å². The molecule has 1 fully saturated rings. The molecule has 0 aliphatic carbocycles. The third-order valence-electron chi connectivity index (χ3n) is 3.75. The van der Waals surface area contributed by atoms with Crippen LogP contribution in [0.5, 0.6) is 0 Å². The van der Waals surface area contributed by atoms with E-state index in [-0.39, 0.29) is 24.0 Å². The van der Waals surface area contributed by atoms with Crippen LogP contribution in [0.25, 0.3) is 0 Å². The molecule has 1 aromatic rings. The lowest BCUT2D eigenvalue weighted by Gasteiger charge is -2.36. The normalized spacial score (nSPS) is 15.9. The highest BCUT2D eigenvalue weighted by Gasteiger charge is 2.16. The molecule has 2 rings (SSSR count). The standard InChI is InChI=1S/C17H27N5.HI/c1-15(2)14-20-17(18)19-8-9-21-10-12-22(13-11-21)16-6-4-3-5-7-16;/h3-7H,1,8-14H2,2H3,(H3,18,19,20);1H. The van der Waals surface area contributed by atoms with Crippen LogP contribution in [0.15, 0.2) is 47.5 Å². The summed E-state index contributed by atoms with van der Waals surface area (Å²) in [6, 6.07) is 10.6. The van der Waals surface area contributed by atoms with Gasteiger partial charge in [-0.15, -0.1) is 24.0 Å². The van der Waals surface area contributed by atoms with Crippen molar-refractivity contribution < 1.29 is 0 Å². The molecule has 1 aliphatic rings. The van der Waals surface area contributed by atoms with Crippen molar-refractivity contribution >= 4 is 35.6 Å². The molecular weight excluding hydrogens is 401 g/mol. The van der Waals surface area contributed by atoms with Gasteiger partial charge in [-0.1, -0.05) is 30.4 Å². The van der Waals surface area contributed by atoms with Gasteiger partial charge in [0.25, 0.3) is 0 Å². The Kier molecular flexibility index (Phi) is 9.01. The molecule has 1 heterocycles. The van der Waals surface area contributed by atoms with Gasteiger partial charge in [-0.2, -0.15) is 0 Å². The van der Waals surface area contributed by atoms with Crippen molar-refractivity contribution in [3.05, 3.63) is 42.5 Å². The van der Waals surface area contributed by atoms with Crippen LogP contribution < -0.4 is 16.0 Å². The van der Waals surface area contributed by atoms with Crippen LogP contribution in [0, 0.1) is 0 Å². The Morgan fingerprint density at radius 3 is 2.48 bits per heavy atom. The second-order valence-corrected chi connectivity index (χ2v) is 5.75. The molecule has 1 aromatic carbocycles. The summed E-state index contributed by atoms with van der Waals surface area (Å²) in [7, 11) is 0. The molecule has 128 valence electrons. The van der Waals surface area contributed by atoms with Crippen molar-refractivity contribution in [2.45, 2.75) is 6.92 Å². The largest absolute Gasteiger partial charge is 0.370 e. The number of anilines is 1. The van der Waals surface area contributed by atoms with Crippen molar-refractivity contribution in [2.24, 2.45) is 10.7 Å². The topological polar surface area (TPSA) is 56.9 Å². The number of halogens is 1. The number of piperazine rings is 1. The zero-order valence-electron chi connectivity index (χ0n) is 13.9. The molecule has 0 saturated carbocycles. The zero-order chi connectivity index (χ0) is 15.8. The highest BCUT2D eigenvalue weighted by atomic mass is 127. The van der Waals surface area contributed by atoms with Crippen LogP contribution >= 0.6 is 24.0 Å². The number of nitrogens with zero attached hydrogens (tertiary/aromatic N) is 3. The van der Waals surface area contributed by atoms with Gasteiger partial charge in [0.1, 0.15) is 0 Å². The van der Waals surface area contributed by atoms with Gasteiger partial charge in [-0.25, -0.2) is 4.99 Å². The lowest BCUT2D eigenvalue weighted by atomic mass is 10.2. The smallest absolute Gasteiger partial charge is 0.188 e. The van der Waals surface area contributed by atoms with E-state index in [1.54, 1.807) is 0 Å². The number of nitrogens with two attached hydrogens (primary N) is 1. The fraction of sp³-hybridized carbons (Fsp3) is 0.471. The summed E-state index contributed by atoms with van der Waals surface area (Å²) < 4.78 is 0. The fourth-order valence-corrected chi connectivity index (χ4v) is 2.49. The summed E-state index contributed by atoms with van der Waals surface area (Å²) in [6.45, 7) is 12.5. The van der Waals surface area contributed by atoms with E-state index in [0.717, 1.165) is 44.8 Å². The van der Waals surface area contributed by atoms with E-state index >= 15 is 0 Å². The predicted molar refractivity (Wildman–Crippen MR) is 110 cm³/mol. The maximum Gasteiger partial charge on any atom is 0.188 e. The number of aliphatic imine (C=N–C) groups is 1. The van der Waals surface area contributed by atoms with Gasteiger partial charge in [0.2, 0.25) is 0 Å². The average molecular weight is 429 g/mol. The van der Waals surface area contributed by atoms with Gasteiger partial charge < -0.3 is 16.0 Å². The van der Waals surface area contributed by atoms with Crippen molar-refractivity contribution in [3.8, 4) is 0 Å².